The SMILES string of the molecule is COc1cc(NC2CCC(C(F)(F)F)CC2)ccc1Cl. The largest absolute Gasteiger partial charge is 0.495 e. The number of alkyl halides is 3. The van der Waals surface area contributed by atoms with Gasteiger partial charge in [0.15, 0.2) is 0 Å². The molecule has 6 heteroatoms. The fourth-order valence-electron chi connectivity index (χ4n) is 2.55. The van der Waals surface area contributed by atoms with E-state index in [1.807, 2.05) is 0 Å². The standard InChI is InChI=1S/C14H17ClF3NO/c1-20-13-8-11(6-7-12(13)15)19-10-4-2-9(3-5-10)14(16,17)18/h6-10,19H,2-5H2,1H3. The van der Waals surface area contributed by atoms with Gasteiger partial charge >= 0.3 is 6.18 Å². The first-order valence-electron chi connectivity index (χ1n) is 6.57. The van der Waals surface area contributed by atoms with Gasteiger partial charge in [0.1, 0.15) is 5.75 Å². The summed E-state index contributed by atoms with van der Waals surface area (Å²) >= 11 is 5.93. The molecule has 0 heterocycles. The van der Waals surface area contributed by atoms with E-state index in [1.165, 1.54) is 7.11 Å². The van der Waals surface area contributed by atoms with Crippen molar-refractivity contribution in [2.45, 2.75) is 37.9 Å². The Balaban J connectivity index is 1.93. The van der Waals surface area contributed by atoms with Crippen molar-refractivity contribution in [2.24, 2.45) is 5.92 Å². The van der Waals surface area contributed by atoms with Crippen molar-refractivity contribution in [1.29, 1.82) is 0 Å². The molecule has 1 aromatic rings. The molecule has 0 aromatic heterocycles. The normalized spacial score (nSPS) is 23.4. The van der Waals surface area contributed by atoms with E-state index in [0.717, 1.165) is 5.69 Å². The van der Waals surface area contributed by atoms with E-state index in [2.05, 4.69) is 5.32 Å². The summed E-state index contributed by atoms with van der Waals surface area (Å²) in [4.78, 5) is 0. The molecule has 1 aliphatic carbocycles. The van der Waals surface area contributed by atoms with Crippen molar-refractivity contribution in [3.05, 3.63) is 23.2 Å². The van der Waals surface area contributed by atoms with Gasteiger partial charge in [0.05, 0.1) is 18.1 Å². The van der Waals surface area contributed by atoms with Crippen LogP contribution in [0, 0.1) is 5.92 Å². The number of rotatable bonds is 3. The molecule has 0 bridgehead atoms. The Kier molecular flexibility index (Phi) is 4.68. The highest BCUT2D eigenvalue weighted by atomic mass is 35.5. The molecule has 0 radical (unpaired) electrons. The van der Waals surface area contributed by atoms with Crippen LogP contribution in [-0.2, 0) is 0 Å². The molecule has 0 amide bonds. The zero-order chi connectivity index (χ0) is 14.8. The van der Waals surface area contributed by atoms with Crippen LogP contribution < -0.4 is 10.1 Å². The number of hydrogen-bond acceptors (Lipinski definition) is 2. The second kappa shape index (κ2) is 6.12. The molecular formula is C14H17ClF3NO. The Morgan fingerprint density at radius 1 is 1.20 bits per heavy atom. The monoisotopic (exact) mass is 307 g/mol. The molecule has 0 spiro atoms. The van der Waals surface area contributed by atoms with Crippen LogP contribution in [0.5, 0.6) is 5.75 Å². The molecule has 1 N–H and O–H groups in total. The molecule has 0 atom stereocenters. The smallest absolute Gasteiger partial charge is 0.391 e. The van der Waals surface area contributed by atoms with Gasteiger partial charge in [-0.15, -0.1) is 0 Å². The molecule has 0 aliphatic heterocycles. The third kappa shape index (κ3) is 3.72. The lowest BCUT2D eigenvalue weighted by Crippen LogP contribution is -2.32. The second-order valence-electron chi connectivity index (χ2n) is 5.08. The Morgan fingerprint density at radius 2 is 1.85 bits per heavy atom. The number of benzene rings is 1. The van der Waals surface area contributed by atoms with Gasteiger partial charge in [-0.2, -0.15) is 13.2 Å². The molecule has 1 aromatic carbocycles. The Bertz CT molecular complexity index is 456. The van der Waals surface area contributed by atoms with E-state index in [9.17, 15) is 13.2 Å². The van der Waals surface area contributed by atoms with Crippen LogP contribution in [0.15, 0.2) is 18.2 Å². The molecule has 0 saturated heterocycles. The number of halogens is 4. The van der Waals surface area contributed by atoms with Crippen LogP contribution in [0.3, 0.4) is 0 Å². The van der Waals surface area contributed by atoms with E-state index in [-0.39, 0.29) is 18.9 Å². The van der Waals surface area contributed by atoms with Crippen molar-refractivity contribution in [2.75, 3.05) is 12.4 Å². The summed E-state index contributed by atoms with van der Waals surface area (Å²) < 4.78 is 42.9. The first kappa shape index (κ1) is 15.3. The minimum Gasteiger partial charge on any atom is -0.495 e. The van der Waals surface area contributed by atoms with Gasteiger partial charge in [0.25, 0.3) is 0 Å². The van der Waals surface area contributed by atoms with E-state index in [4.69, 9.17) is 16.3 Å². The van der Waals surface area contributed by atoms with Gasteiger partial charge in [0.2, 0.25) is 0 Å². The number of methoxy groups -OCH3 is 1. The van der Waals surface area contributed by atoms with E-state index in [1.54, 1.807) is 18.2 Å². The molecule has 112 valence electrons. The predicted octanol–water partition coefficient (Wildman–Crippen LogP) is 4.88. The Labute approximate surface area is 121 Å². The van der Waals surface area contributed by atoms with Crippen molar-refractivity contribution < 1.29 is 17.9 Å². The summed E-state index contributed by atoms with van der Waals surface area (Å²) in [6.45, 7) is 0. The fraction of sp³-hybridized carbons (Fsp3) is 0.571. The topological polar surface area (TPSA) is 21.3 Å². The summed E-state index contributed by atoms with van der Waals surface area (Å²) in [7, 11) is 1.53. The van der Waals surface area contributed by atoms with Crippen molar-refractivity contribution in [3.8, 4) is 5.75 Å². The molecule has 1 saturated carbocycles. The van der Waals surface area contributed by atoms with Gasteiger partial charge in [-0.05, 0) is 37.8 Å². The van der Waals surface area contributed by atoms with E-state index >= 15 is 0 Å². The molecule has 2 nitrogen and oxygen atoms in total. The lowest BCUT2D eigenvalue weighted by molar-refractivity contribution is -0.182. The van der Waals surface area contributed by atoms with Crippen LogP contribution in [0.4, 0.5) is 18.9 Å². The summed E-state index contributed by atoms with van der Waals surface area (Å²) in [5.41, 5.74) is 0.821. The number of nitrogens with one attached hydrogen (secondary N) is 1. The first-order chi connectivity index (χ1) is 9.40. The lowest BCUT2D eigenvalue weighted by atomic mass is 9.85. The zero-order valence-electron chi connectivity index (χ0n) is 11.1. The summed E-state index contributed by atoms with van der Waals surface area (Å²) in [6, 6.07) is 5.35. The lowest BCUT2D eigenvalue weighted by Gasteiger charge is -2.31. The molecule has 1 fully saturated rings. The van der Waals surface area contributed by atoms with Crippen LogP contribution in [0.2, 0.25) is 5.02 Å². The van der Waals surface area contributed by atoms with E-state index < -0.39 is 12.1 Å². The molecule has 0 unspecified atom stereocenters. The Hall–Kier alpha value is -1.10. The van der Waals surface area contributed by atoms with E-state index in [0.29, 0.717) is 23.6 Å². The summed E-state index contributed by atoms with van der Waals surface area (Å²) in [5.74, 6) is -0.596. The van der Waals surface area contributed by atoms with Gasteiger partial charge in [-0.25, -0.2) is 0 Å². The maximum absolute atomic E-state index is 12.6. The Morgan fingerprint density at radius 3 is 2.40 bits per heavy atom. The first-order valence-corrected chi connectivity index (χ1v) is 6.94. The number of hydrogen-bond donors (Lipinski definition) is 1. The minimum atomic E-state index is -4.06. The molecule has 1 aliphatic rings. The zero-order valence-corrected chi connectivity index (χ0v) is 11.9. The van der Waals surface area contributed by atoms with Crippen LogP contribution >= 0.6 is 11.6 Å². The van der Waals surface area contributed by atoms with Gasteiger partial charge in [-0.1, -0.05) is 11.6 Å². The minimum absolute atomic E-state index is 0.0690. The quantitative estimate of drug-likeness (QED) is 0.859. The highest BCUT2D eigenvalue weighted by Gasteiger charge is 2.41. The van der Waals surface area contributed by atoms with Crippen LogP contribution in [0.25, 0.3) is 0 Å². The number of ether oxygens (including phenoxy) is 1. The summed E-state index contributed by atoms with van der Waals surface area (Å²) in [5, 5.41) is 3.76. The highest BCUT2D eigenvalue weighted by molar-refractivity contribution is 6.32. The second-order valence-corrected chi connectivity index (χ2v) is 5.49. The molecule has 2 rings (SSSR count). The van der Waals surface area contributed by atoms with Crippen molar-refractivity contribution in [3.63, 3.8) is 0 Å². The molecule has 20 heavy (non-hydrogen) atoms. The third-order valence-corrected chi connectivity index (χ3v) is 4.02. The van der Waals surface area contributed by atoms with Gasteiger partial charge in [0, 0.05) is 17.8 Å². The maximum Gasteiger partial charge on any atom is 0.391 e. The third-order valence-electron chi connectivity index (χ3n) is 3.71. The predicted molar refractivity (Wildman–Crippen MR) is 73.4 cm³/mol. The fourth-order valence-corrected chi connectivity index (χ4v) is 2.75. The van der Waals surface area contributed by atoms with Gasteiger partial charge < -0.3 is 10.1 Å². The average molecular weight is 308 g/mol. The highest BCUT2D eigenvalue weighted by Crippen LogP contribution is 2.38. The van der Waals surface area contributed by atoms with Crippen molar-refractivity contribution in [1.82, 2.24) is 0 Å². The van der Waals surface area contributed by atoms with Crippen molar-refractivity contribution >= 4 is 17.3 Å². The maximum atomic E-state index is 12.6. The number of anilines is 1. The van der Waals surface area contributed by atoms with Crippen LogP contribution in [-0.4, -0.2) is 19.3 Å². The summed E-state index contributed by atoms with van der Waals surface area (Å²) in [6.07, 6.45) is -2.64. The van der Waals surface area contributed by atoms with Gasteiger partial charge in [-0.3, -0.25) is 0 Å². The van der Waals surface area contributed by atoms with Crippen LogP contribution in [0.1, 0.15) is 25.7 Å². The average Bonchev–Trinajstić information content (AvgIpc) is 2.40. The molecular weight excluding hydrogens is 291 g/mol.